The zero-order valence-electron chi connectivity index (χ0n) is 12.9. The Morgan fingerprint density at radius 1 is 1.38 bits per heavy atom. The minimum Gasteiger partial charge on any atom is -0.496 e. The van der Waals surface area contributed by atoms with Crippen molar-refractivity contribution in [1.82, 2.24) is 10.3 Å². The highest BCUT2D eigenvalue weighted by Crippen LogP contribution is 2.37. The molecule has 0 aliphatic carbocycles. The third kappa shape index (κ3) is 3.60. The van der Waals surface area contributed by atoms with Crippen LogP contribution in [0.5, 0.6) is 5.75 Å². The van der Waals surface area contributed by atoms with Gasteiger partial charge in [-0.3, -0.25) is 0 Å². The molecule has 0 radical (unpaired) electrons. The van der Waals surface area contributed by atoms with Gasteiger partial charge in [-0.1, -0.05) is 19.9 Å². The van der Waals surface area contributed by atoms with Crippen molar-refractivity contribution in [3.05, 3.63) is 34.6 Å². The summed E-state index contributed by atoms with van der Waals surface area (Å²) in [5.74, 6) is 0.740. The molecule has 5 heteroatoms. The molecule has 0 bridgehead atoms. The lowest BCUT2D eigenvalue weighted by Gasteiger charge is -2.06. The van der Waals surface area contributed by atoms with Gasteiger partial charge in [-0.25, -0.2) is 9.37 Å². The molecule has 2 aromatic rings. The lowest BCUT2D eigenvalue weighted by Crippen LogP contribution is -2.07. The van der Waals surface area contributed by atoms with Gasteiger partial charge in [-0.05, 0) is 31.5 Å². The lowest BCUT2D eigenvalue weighted by atomic mass is 10.1. The number of methoxy groups -OCH3 is 1. The minimum absolute atomic E-state index is 0.296. The molecule has 114 valence electrons. The SMILES string of the molecule is CNCc1sc(-c2c(F)cccc2OC)nc1CC(C)C. The van der Waals surface area contributed by atoms with Gasteiger partial charge in [0.1, 0.15) is 16.6 Å². The molecular weight excluding hydrogens is 287 g/mol. The van der Waals surface area contributed by atoms with Crippen LogP contribution in [0.2, 0.25) is 0 Å². The van der Waals surface area contributed by atoms with Crippen LogP contribution in [0.15, 0.2) is 18.2 Å². The van der Waals surface area contributed by atoms with Gasteiger partial charge in [0, 0.05) is 11.4 Å². The summed E-state index contributed by atoms with van der Waals surface area (Å²) in [5.41, 5.74) is 1.50. The number of ether oxygens (including phenoxy) is 1. The van der Waals surface area contributed by atoms with E-state index in [-0.39, 0.29) is 5.82 Å². The van der Waals surface area contributed by atoms with Gasteiger partial charge in [-0.15, -0.1) is 11.3 Å². The molecule has 1 aromatic carbocycles. The first-order valence-corrected chi connectivity index (χ1v) is 7.84. The topological polar surface area (TPSA) is 34.1 Å². The fraction of sp³-hybridized carbons (Fsp3) is 0.438. The molecule has 1 aromatic heterocycles. The van der Waals surface area contributed by atoms with Gasteiger partial charge in [0.05, 0.1) is 18.4 Å². The molecule has 0 aliphatic heterocycles. The van der Waals surface area contributed by atoms with Crippen molar-refractivity contribution in [1.29, 1.82) is 0 Å². The summed E-state index contributed by atoms with van der Waals surface area (Å²) >= 11 is 1.53. The first kappa shape index (κ1) is 15.9. The fourth-order valence-electron chi connectivity index (χ4n) is 2.22. The maximum atomic E-state index is 14.2. The van der Waals surface area contributed by atoms with E-state index in [2.05, 4.69) is 24.1 Å². The maximum absolute atomic E-state index is 14.2. The van der Waals surface area contributed by atoms with Crippen molar-refractivity contribution in [3.63, 3.8) is 0 Å². The van der Waals surface area contributed by atoms with E-state index in [4.69, 9.17) is 4.74 Å². The average molecular weight is 308 g/mol. The van der Waals surface area contributed by atoms with Gasteiger partial charge in [0.2, 0.25) is 0 Å². The van der Waals surface area contributed by atoms with Crippen molar-refractivity contribution >= 4 is 11.3 Å². The van der Waals surface area contributed by atoms with Crippen LogP contribution in [0, 0.1) is 11.7 Å². The van der Waals surface area contributed by atoms with E-state index in [1.807, 2.05) is 7.05 Å². The first-order chi connectivity index (χ1) is 10.1. The number of nitrogens with one attached hydrogen (secondary N) is 1. The summed E-state index contributed by atoms with van der Waals surface area (Å²) in [7, 11) is 3.46. The molecule has 0 saturated heterocycles. The van der Waals surface area contributed by atoms with E-state index >= 15 is 0 Å². The number of halogens is 1. The molecule has 0 atom stereocenters. The van der Waals surface area contributed by atoms with E-state index in [0.717, 1.165) is 23.5 Å². The van der Waals surface area contributed by atoms with Gasteiger partial charge < -0.3 is 10.1 Å². The highest BCUT2D eigenvalue weighted by molar-refractivity contribution is 7.15. The van der Waals surface area contributed by atoms with Gasteiger partial charge in [0.25, 0.3) is 0 Å². The molecule has 1 N–H and O–H groups in total. The van der Waals surface area contributed by atoms with E-state index in [1.165, 1.54) is 17.4 Å². The molecule has 0 amide bonds. The molecule has 0 fully saturated rings. The Balaban J connectivity index is 2.49. The second-order valence-electron chi connectivity index (χ2n) is 5.33. The summed E-state index contributed by atoms with van der Waals surface area (Å²) in [4.78, 5) is 5.83. The van der Waals surface area contributed by atoms with Gasteiger partial charge in [0.15, 0.2) is 0 Å². The number of hydrogen-bond donors (Lipinski definition) is 1. The van der Waals surface area contributed by atoms with Crippen molar-refractivity contribution < 1.29 is 9.13 Å². The Morgan fingerprint density at radius 3 is 2.76 bits per heavy atom. The molecule has 0 unspecified atom stereocenters. The molecule has 0 aliphatic rings. The molecule has 3 nitrogen and oxygen atoms in total. The lowest BCUT2D eigenvalue weighted by molar-refractivity contribution is 0.413. The van der Waals surface area contributed by atoms with Crippen molar-refractivity contribution in [2.24, 2.45) is 5.92 Å². The predicted molar refractivity (Wildman–Crippen MR) is 85.4 cm³/mol. The monoisotopic (exact) mass is 308 g/mol. The van der Waals surface area contributed by atoms with Crippen molar-refractivity contribution in [2.45, 2.75) is 26.8 Å². The highest BCUT2D eigenvalue weighted by Gasteiger charge is 2.19. The van der Waals surface area contributed by atoms with Crippen LogP contribution in [0.3, 0.4) is 0 Å². The van der Waals surface area contributed by atoms with Crippen LogP contribution in [0.4, 0.5) is 4.39 Å². The second-order valence-corrected chi connectivity index (χ2v) is 6.42. The first-order valence-electron chi connectivity index (χ1n) is 7.02. The van der Waals surface area contributed by atoms with Gasteiger partial charge >= 0.3 is 0 Å². The Morgan fingerprint density at radius 2 is 2.14 bits per heavy atom. The second kappa shape index (κ2) is 7.00. The quantitative estimate of drug-likeness (QED) is 0.879. The van der Waals surface area contributed by atoms with Crippen LogP contribution in [-0.2, 0) is 13.0 Å². The number of benzene rings is 1. The van der Waals surface area contributed by atoms with Crippen LogP contribution < -0.4 is 10.1 Å². The Kier molecular flexibility index (Phi) is 5.31. The molecular formula is C16H21FN2OS. The summed E-state index contributed by atoms with van der Waals surface area (Å²) in [5, 5.41) is 3.84. The molecule has 2 rings (SSSR count). The Hall–Kier alpha value is -1.46. The largest absolute Gasteiger partial charge is 0.496 e. The standard InChI is InChI=1S/C16H21FN2OS/c1-10(2)8-12-14(9-18-3)21-16(19-12)15-11(17)6-5-7-13(15)20-4/h5-7,10,18H,8-9H2,1-4H3. The third-order valence-electron chi connectivity index (χ3n) is 3.13. The normalized spacial score (nSPS) is 11.1. The van der Waals surface area contributed by atoms with Crippen molar-refractivity contribution in [2.75, 3.05) is 14.2 Å². The molecule has 21 heavy (non-hydrogen) atoms. The van der Waals surface area contributed by atoms with Gasteiger partial charge in [-0.2, -0.15) is 0 Å². The van der Waals surface area contributed by atoms with Crippen LogP contribution >= 0.6 is 11.3 Å². The molecule has 0 saturated carbocycles. The molecule has 0 spiro atoms. The van der Waals surface area contributed by atoms with E-state index in [9.17, 15) is 4.39 Å². The zero-order valence-corrected chi connectivity index (χ0v) is 13.7. The number of nitrogens with zero attached hydrogens (tertiary/aromatic N) is 1. The Labute approximate surface area is 129 Å². The van der Waals surface area contributed by atoms with E-state index < -0.39 is 0 Å². The Bertz CT molecular complexity index is 610. The average Bonchev–Trinajstić information content (AvgIpc) is 2.80. The van der Waals surface area contributed by atoms with Crippen LogP contribution in [-0.4, -0.2) is 19.1 Å². The summed E-state index contributed by atoms with van der Waals surface area (Å²) in [6.45, 7) is 5.06. The predicted octanol–water partition coefficient (Wildman–Crippen LogP) is 3.88. The van der Waals surface area contributed by atoms with Crippen LogP contribution in [0.1, 0.15) is 24.4 Å². The minimum atomic E-state index is -0.296. The fourth-order valence-corrected chi connectivity index (χ4v) is 3.37. The number of rotatable bonds is 6. The zero-order chi connectivity index (χ0) is 15.4. The summed E-state index contributed by atoms with van der Waals surface area (Å²) in [6, 6.07) is 4.85. The highest BCUT2D eigenvalue weighted by atomic mass is 32.1. The third-order valence-corrected chi connectivity index (χ3v) is 4.24. The van der Waals surface area contributed by atoms with E-state index in [0.29, 0.717) is 22.2 Å². The van der Waals surface area contributed by atoms with Crippen LogP contribution in [0.25, 0.3) is 10.6 Å². The number of thiazole rings is 1. The summed E-state index contributed by atoms with van der Waals surface area (Å²) < 4.78 is 19.5. The number of aromatic nitrogens is 1. The van der Waals surface area contributed by atoms with Crippen molar-refractivity contribution in [3.8, 4) is 16.3 Å². The summed E-state index contributed by atoms with van der Waals surface area (Å²) in [6.07, 6.45) is 0.893. The smallest absolute Gasteiger partial charge is 0.137 e. The number of hydrogen-bond acceptors (Lipinski definition) is 4. The maximum Gasteiger partial charge on any atom is 0.137 e. The van der Waals surface area contributed by atoms with E-state index in [1.54, 1.807) is 19.2 Å². The molecule has 1 heterocycles.